The van der Waals surface area contributed by atoms with Crippen molar-refractivity contribution in [2.75, 3.05) is 6.54 Å². The highest BCUT2D eigenvalue weighted by molar-refractivity contribution is 7.09. The van der Waals surface area contributed by atoms with E-state index in [2.05, 4.69) is 10.3 Å². The number of nitrogens with zero attached hydrogens (tertiary/aromatic N) is 2. The van der Waals surface area contributed by atoms with Crippen LogP contribution in [0, 0.1) is 10.1 Å². The van der Waals surface area contributed by atoms with Crippen molar-refractivity contribution in [2.24, 2.45) is 0 Å². The Kier molecular flexibility index (Phi) is 4.65. The standard InChI is InChI=1S/C12H10ClN3O3S/c13-8-2-1-3-9(16(18)19)11(8)12(17)15-5-4-10-14-6-7-20-10/h1-3,6-7H,4-5H2,(H,15,17). The molecule has 104 valence electrons. The lowest BCUT2D eigenvalue weighted by atomic mass is 10.1. The second-order valence-corrected chi connectivity index (χ2v) is 5.21. The van der Waals surface area contributed by atoms with Crippen LogP contribution in [0.4, 0.5) is 5.69 Å². The maximum absolute atomic E-state index is 12.0. The van der Waals surface area contributed by atoms with Crippen LogP contribution in [-0.4, -0.2) is 22.4 Å². The van der Waals surface area contributed by atoms with Crippen LogP contribution in [0.3, 0.4) is 0 Å². The number of halogens is 1. The van der Waals surface area contributed by atoms with Gasteiger partial charge in [-0.05, 0) is 6.07 Å². The fraction of sp³-hybridized carbons (Fsp3) is 0.167. The minimum Gasteiger partial charge on any atom is -0.351 e. The van der Waals surface area contributed by atoms with E-state index >= 15 is 0 Å². The molecular weight excluding hydrogens is 302 g/mol. The van der Waals surface area contributed by atoms with E-state index in [9.17, 15) is 14.9 Å². The average molecular weight is 312 g/mol. The number of carbonyl (C=O) groups excluding carboxylic acids is 1. The lowest BCUT2D eigenvalue weighted by Gasteiger charge is -2.06. The molecule has 0 spiro atoms. The van der Waals surface area contributed by atoms with Gasteiger partial charge in [0.25, 0.3) is 11.6 Å². The molecule has 2 rings (SSSR count). The zero-order valence-electron chi connectivity index (χ0n) is 10.2. The predicted octanol–water partition coefficient (Wildman–Crippen LogP) is 2.68. The molecule has 0 fully saturated rings. The molecule has 0 aliphatic carbocycles. The second-order valence-electron chi connectivity index (χ2n) is 3.82. The number of carbonyl (C=O) groups is 1. The largest absolute Gasteiger partial charge is 0.351 e. The van der Waals surface area contributed by atoms with Gasteiger partial charge >= 0.3 is 0 Å². The lowest BCUT2D eigenvalue weighted by molar-refractivity contribution is -0.385. The van der Waals surface area contributed by atoms with Crippen molar-refractivity contribution in [1.82, 2.24) is 10.3 Å². The molecule has 0 saturated heterocycles. The highest BCUT2D eigenvalue weighted by atomic mass is 35.5. The lowest BCUT2D eigenvalue weighted by Crippen LogP contribution is -2.26. The number of rotatable bonds is 5. The van der Waals surface area contributed by atoms with Gasteiger partial charge in [0.15, 0.2) is 0 Å². The summed E-state index contributed by atoms with van der Waals surface area (Å²) in [5.74, 6) is -0.557. The summed E-state index contributed by atoms with van der Waals surface area (Å²) in [5, 5.41) is 16.3. The highest BCUT2D eigenvalue weighted by Gasteiger charge is 2.22. The number of amides is 1. The van der Waals surface area contributed by atoms with Crippen LogP contribution >= 0.6 is 22.9 Å². The first-order chi connectivity index (χ1) is 9.59. The molecular formula is C12H10ClN3O3S. The molecule has 0 radical (unpaired) electrons. The van der Waals surface area contributed by atoms with Gasteiger partial charge in [0.1, 0.15) is 5.56 Å². The monoisotopic (exact) mass is 311 g/mol. The molecule has 0 bridgehead atoms. The Balaban J connectivity index is 2.07. The number of hydrogen-bond acceptors (Lipinski definition) is 5. The number of benzene rings is 1. The summed E-state index contributed by atoms with van der Waals surface area (Å²) in [6.45, 7) is 0.342. The molecule has 0 saturated carbocycles. The van der Waals surface area contributed by atoms with Gasteiger partial charge in [-0.3, -0.25) is 14.9 Å². The summed E-state index contributed by atoms with van der Waals surface area (Å²) in [4.78, 5) is 26.4. The van der Waals surface area contributed by atoms with E-state index in [1.165, 1.54) is 29.5 Å². The number of aromatic nitrogens is 1. The van der Waals surface area contributed by atoms with E-state index in [-0.39, 0.29) is 16.3 Å². The number of hydrogen-bond donors (Lipinski definition) is 1. The molecule has 1 amide bonds. The van der Waals surface area contributed by atoms with Crippen molar-refractivity contribution in [3.8, 4) is 0 Å². The Hall–Kier alpha value is -1.99. The van der Waals surface area contributed by atoms with E-state index in [4.69, 9.17) is 11.6 Å². The fourth-order valence-corrected chi connectivity index (χ4v) is 2.51. The van der Waals surface area contributed by atoms with Crippen LogP contribution < -0.4 is 5.32 Å². The molecule has 8 heteroatoms. The van der Waals surface area contributed by atoms with Crippen LogP contribution in [0.2, 0.25) is 5.02 Å². The van der Waals surface area contributed by atoms with Crippen LogP contribution in [0.5, 0.6) is 0 Å². The zero-order valence-corrected chi connectivity index (χ0v) is 11.8. The van der Waals surface area contributed by atoms with Gasteiger partial charge in [0.2, 0.25) is 0 Å². The average Bonchev–Trinajstić information content (AvgIpc) is 2.91. The van der Waals surface area contributed by atoms with Gasteiger partial charge in [0, 0.05) is 30.6 Å². The summed E-state index contributed by atoms with van der Waals surface area (Å²) in [6, 6.07) is 4.14. The zero-order chi connectivity index (χ0) is 14.5. The molecule has 0 aliphatic heterocycles. The van der Waals surface area contributed by atoms with Gasteiger partial charge in [-0.25, -0.2) is 4.98 Å². The van der Waals surface area contributed by atoms with E-state index in [1.807, 2.05) is 5.38 Å². The van der Waals surface area contributed by atoms with Crippen LogP contribution in [0.25, 0.3) is 0 Å². The Bertz CT molecular complexity index is 631. The third-order valence-corrected chi connectivity index (χ3v) is 3.68. The van der Waals surface area contributed by atoms with Crippen molar-refractivity contribution in [3.63, 3.8) is 0 Å². The van der Waals surface area contributed by atoms with Crippen LogP contribution in [-0.2, 0) is 6.42 Å². The fourth-order valence-electron chi connectivity index (χ4n) is 1.64. The first-order valence-corrected chi connectivity index (χ1v) is 6.95. The molecule has 1 aromatic heterocycles. The molecule has 0 atom stereocenters. The third-order valence-electron chi connectivity index (χ3n) is 2.52. The van der Waals surface area contributed by atoms with E-state index < -0.39 is 10.8 Å². The summed E-state index contributed by atoms with van der Waals surface area (Å²) < 4.78 is 0. The van der Waals surface area contributed by atoms with Gasteiger partial charge in [-0.2, -0.15) is 0 Å². The van der Waals surface area contributed by atoms with Crippen molar-refractivity contribution >= 4 is 34.5 Å². The number of thiazole rings is 1. The van der Waals surface area contributed by atoms with Crippen molar-refractivity contribution in [3.05, 3.63) is 55.5 Å². The molecule has 0 unspecified atom stereocenters. The third kappa shape index (κ3) is 3.31. The summed E-state index contributed by atoms with van der Waals surface area (Å²) in [7, 11) is 0. The number of nitro benzene ring substituents is 1. The van der Waals surface area contributed by atoms with Gasteiger partial charge < -0.3 is 5.32 Å². The van der Waals surface area contributed by atoms with E-state index in [0.29, 0.717) is 13.0 Å². The topological polar surface area (TPSA) is 85.1 Å². The van der Waals surface area contributed by atoms with E-state index in [0.717, 1.165) is 5.01 Å². The summed E-state index contributed by atoms with van der Waals surface area (Å²) in [6.07, 6.45) is 2.25. The number of nitro groups is 1. The molecule has 2 aromatic rings. The van der Waals surface area contributed by atoms with Crippen molar-refractivity contribution in [2.45, 2.75) is 6.42 Å². The molecule has 6 nitrogen and oxygen atoms in total. The van der Waals surface area contributed by atoms with E-state index in [1.54, 1.807) is 6.20 Å². The molecule has 1 N–H and O–H groups in total. The van der Waals surface area contributed by atoms with Crippen molar-refractivity contribution < 1.29 is 9.72 Å². The molecule has 1 heterocycles. The highest BCUT2D eigenvalue weighted by Crippen LogP contribution is 2.25. The van der Waals surface area contributed by atoms with Gasteiger partial charge in [-0.15, -0.1) is 11.3 Å². The first-order valence-electron chi connectivity index (χ1n) is 5.69. The predicted molar refractivity (Wildman–Crippen MR) is 76.3 cm³/mol. The minimum atomic E-state index is -0.623. The Morgan fingerprint density at radius 3 is 2.95 bits per heavy atom. The molecule has 20 heavy (non-hydrogen) atoms. The minimum absolute atomic E-state index is 0.0611. The normalized spacial score (nSPS) is 10.2. The Labute approximate surface area is 123 Å². The second kappa shape index (κ2) is 6.44. The van der Waals surface area contributed by atoms with Crippen molar-refractivity contribution in [1.29, 1.82) is 0 Å². The first kappa shape index (κ1) is 14.4. The quantitative estimate of drug-likeness (QED) is 0.679. The number of nitrogens with one attached hydrogen (secondary N) is 1. The summed E-state index contributed by atoms with van der Waals surface area (Å²) >= 11 is 7.36. The van der Waals surface area contributed by atoms with Gasteiger partial charge in [0.05, 0.1) is 15.0 Å². The Morgan fingerprint density at radius 1 is 1.50 bits per heavy atom. The molecule has 0 aliphatic rings. The maximum atomic E-state index is 12.0. The Morgan fingerprint density at radius 2 is 2.30 bits per heavy atom. The maximum Gasteiger partial charge on any atom is 0.283 e. The smallest absolute Gasteiger partial charge is 0.283 e. The molecule has 1 aromatic carbocycles. The summed E-state index contributed by atoms with van der Waals surface area (Å²) in [5.41, 5.74) is -0.414. The van der Waals surface area contributed by atoms with Crippen LogP contribution in [0.15, 0.2) is 29.8 Å². The van der Waals surface area contributed by atoms with Gasteiger partial charge in [-0.1, -0.05) is 17.7 Å². The van der Waals surface area contributed by atoms with Crippen LogP contribution in [0.1, 0.15) is 15.4 Å². The SMILES string of the molecule is O=C(NCCc1nccs1)c1c(Cl)cccc1[N+](=O)[O-].